The highest BCUT2D eigenvalue weighted by Gasteiger charge is 2.42. The zero-order valence-corrected chi connectivity index (χ0v) is 29.2. The molecule has 3 nitrogen and oxygen atoms in total. The lowest BCUT2D eigenvalue weighted by Gasteiger charge is -2.30. The number of allylic oxidation sites excluding steroid dienone is 3. The molecule has 11 rings (SSSR count). The summed E-state index contributed by atoms with van der Waals surface area (Å²) in [5.41, 5.74) is 13.2. The van der Waals surface area contributed by atoms with Crippen LogP contribution in [0.25, 0.3) is 70.9 Å². The largest absolute Gasteiger partial charge is 0.333 e. The number of nitrogens with zero attached hydrogens (tertiary/aromatic N) is 3. The Balaban J connectivity index is 1.10. The molecule has 0 saturated heterocycles. The van der Waals surface area contributed by atoms with Gasteiger partial charge in [-0.3, -0.25) is 0 Å². The number of aromatic nitrogens is 2. The summed E-state index contributed by atoms with van der Waals surface area (Å²) in [6, 6.07) is 45.7. The Morgan fingerprint density at radius 3 is 2.37 bits per heavy atom. The molecule has 8 aromatic rings. The van der Waals surface area contributed by atoms with Crippen molar-refractivity contribution in [1.29, 1.82) is 0 Å². The third kappa shape index (κ3) is 4.51. The van der Waals surface area contributed by atoms with Crippen molar-refractivity contribution in [2.45, 2.75) is 24.8 Å². The molecule has 2 aliphatic carbocycles. The third-order valence-electron chi connectivity index (χ3n) is 11.0. The summed E-state index contributed by atoms with van der Waals surface area (Å²) < 4.78 is 2.81. The molecule has 0 amide bonds. The minimum absolute atomic E-state index is 0.180. The summed E-state index contributed by atoms with van der Waals surface area (Å²) in [6.07, 6.45) is 16.1. The van der Waals surface area contributed by atoms with Crippen molar-refractivity contribution in [2.24, 2.45) is 0 Å². The zero-order valence-electron chi connectivity index (χ0n) is 28.4. The maximum Gasteiger partial charge on any atom is 0.160 e. The molecular formula is C48H33N3S. The number of thiophene rings is 1. The Morgan fingerprint density at radius 1 is 0.654 bits per heavy atom. The first kappa shape index (κ1) is 29.6. The maximum absolute atomic E-state index is 5.34. The molecule has 246 valence electrons. The van der Waals surface area contributed by atoms with Gasteiger partial charge in [-0.2, -0.15) is 0 Å². The molecule has 2 unspecified atom stereocenters. The number of benzene rings is 6. The van der Waals surface area contributed by atoms with E-state index in [1.807, 2.05) is 11.3 Å². The van der Waals surface area contributed by atoms with E-state index < -0.39 is 0 Å². The van der Waals surface area contributed by atoms with Crippen LogP contribution in [0.2, 0.25) is 0 Å². The first-order chi connectivity index (χ1) is 25.8. The zero-order chi connectivity index (χ0) is 34.2. The molecule has 2 atom stereocenters. The van der Waals surface area contributed by atoms with Crippen LogP contribution in [0.1, 0.15) is 29.0 Å². The Kier molecular flexibility index (Phi) is 6.68. The lowest BCUT2D eigenvalue weighted by atomic mass is 9.85. The highest BCUT2D eigenvalue weighted by atomic mass is 32.1. The molecule has 0 fully saturated rings. The highest BCUT2D eigenvalue weighted by Crippen LogP contribution is 2.57. The van der Waals surface area contributed by atoms with E-state index in [1.165, 1.54) is 53.7 Å². The minimum Gasteiger partial charge on any atom is -0.333 e. The van der Waals surface area contributed by atoms with E-state index in [4.69, 9.17) is 9.97 Å². The van der Waals surface area contributed by atoms with Crippen molar-refractivity contribution in [3.8, 4) is 33.8 Å². The monoisotopic (exact) mass is 683 g/mol. The van der Waals surface area contributed by atoms with Gasteiger partial charge in [-0.25, -0.2) is 9.97 Å². The Bertz CT molecular complexity index is 2820. The van der Waals surface area contributed by atoms with Gasteiger partial charge in [-0.05, 0) is 59.9 Å². The van der Waals surface area contributed by atoms with Crippen molar-refractivity contribution in [3.63, 3.8) is 0 Å². The fraction of sp³-hybridized carbons (Fsp3) is 0.0833. The average molecular weight is 684 g/mol. The van der Waals surface area contributed by atoms with Crippen molar-refractivity contribution in [1.82, 2.24) is 9.97 Å². The van der Waals surface area contributed by atoms with Gasteiger partial charge in [-0.15, -0.1) is 11.3 Å². The Hall–Kier alpha value is -6.10. The second-order valence-electron chi connectivity index (χ2n) is 14.0. The molecule has 6 aromatic carbocycles. The fourth-order valence-corrected chi connectivity index (χ4v) is 10.1. The van der Waals surface area contributed by atoms with Gasteiger partial charge in [0.25, 0.3) is 0 Å². The number of anilines is 2. The predicted octanol–water partition coefficient (Wildman–Crippen LogP) is 12.7. The summed E-state index contributed by atoms with van der Waals surface area (Å²) in [7, 11) is 0. The summed E-state index contributed by atoms with van der Waals surface area (Å²) in [5.74, 6) is 0.998. The lowest BCUT2D eigenvalue weighted by molar-refractivity contribution is 0.747. The van der Waals surface area contributed by atoms with E-state index in [2.05, 4.69) is 169 Å². The smallest absolute Gasteiger partial charge is 0.160 e. The van der Waals surface area contributed by atoms with Gasteiger partial charge in [0, 0.05) is 59.4 Å². The SMILES string of the molecule is C1=CC2c3c(c4c(c5c3sc3ccccc35)CCC=C4)N(c3cccc(-c4nc(-c5cccc(-c6ccccc6)c5)c5ccccc5n4)c3)C2C=C1. The third-order valence-corrected chi connectivity index (χ3v) is 12.2. The molecule has 0 bridgehead atoms. The van der Waals surface area contributed by atoms with Gasteiger partial charge in [0.05, 0.1) is 22.9 Å². The average Bonchev–Trinajstić information content (AvgIpc) is 3.78. The number of para-hydroxylation sites is 1. The summed E-state index contributed by atoms with van der Waals surface area (Å²) in [6.45, 7) is 0. The molecule has 0 saturated carbocycles. The van der Waals surface area contributed by atoms with E-state index >= 15 is 0 Å². The van der Waals surface area contributed by atoms with Crippen LogP contribution in [-0.4, -0.2) is 16.0 Å². The van der Waals surface area contributed by atoms with Crippen molar-refractivity contribution >= 4 is 59.9 Å². The summed E-state index contributed by atoms with van der Waals surface area (Å²) in [5, 5.41) is 3.90. The molecule has 0 spiro atoms. The van der Waals surface area contributed by atoms with Crippen LogP contribution < -0.4 is 4.90 Å². The van der Waals surface area contributed by atoms with Gasteiger partial charge in [0.2, 0.25) is 0 Å². The van der Waals surface area contributed by atoms with E-state index in [-0.39, 0.29) is 12.0 Å². The van der Waals surface area contributed by atoms with Crippen LogP contribution >= 0.6 is 11.3 Å². The molecule has 0 N–H and O–H groups in total. The molecule has 3 aliphatic rings. The van der Waals surface area contributed by atoms with Crippen LogP contribution in [0.3, 0.4) is 0 Å². The first-order valence-electron chi connectivity index (χ1n) is 18.1. The summed E-state index contributed by atoms with van der Waals surface area (Å²) >= 11 is 1.96. The van der Waals surface area contributed by atoms with E-state index in [9.17, 15) is 0 Å². The van der Waals surface area contributed by atoms with Gasteiger partial charge in [-0.1, -0.05) is 134 Å². The number of rotatable bonds is 4. The van der Waals surface area contributed by atoms with Crippen molar-refractivity contribution in [3.05, 3.63) is 174 Å². The number of hydrogen-bond donors (Lipinski definition) is 0. The van der Waals surface area contributed by atoms with Crippen molar-refractivity contribution in [2.75, 3.05) is 4.90 Å². The number of aryl methyl sites for hydroxylation is 1. The van der Waals surface area contributed by atoms with Gasteiger partial charge in [0.1, 0.15) is 0 Å². The van der Waals surface area contributed by atoms with Gasteiger partial charge >= 0.3 is 0 Å². The molecule has 2 aromatic heterocycles. The second-order valence-corrected chi connectivity index (χ2v) is 15.0. The molecule has 52 heavy (non-hydrogen) atoms. The van der Waals surface area contributed by atoms with Crippen LogP contribution in [0.15, 0.2) is 158 Å². The highest BCUT2D eigenvalue weighted by molar-refractivity contribution is 7.26. The Labute approximate surface area is 306 Å². The van der Waals surface area contributed by atoms with E-state index in [0.29, 0.717) is 0 Å². The first-order valence-corrected chi connectivity index (χ1v) is 19.0. The Morgan fingerprint density at radius 2 is 1.42 bits per heavy atom. The quantitative estimate of drug-likeness (QED) is 0.185. The van der Waals surface area contributed by atoms with Crippen LogP contribution in [0.4, 0.5) is 11.4 Å². The van der Waals surface area contributed by atoms with Gasteiger partial charge in [0.15, 0.2) is 5.82 Å². The van der Waals surface area contributed by atoms with E-state index in [0.717, 1.165) is 52.1 Å². The normalized spacial score (nSPS) is 17.2. The standard InChI is InChI=1S/C48H33N3S/c1-2-14-30(15-3-1)31-16-12-17-32(28-31)45-37-22-6-9-25-40(37)49-48(50-45)33-18-13-19-34(29-33)51-41-26-10-7-23-38(41)44-46(51)36-21-5-4-20-35(36)43-39-24-8-11-27-42(39)52-47(43)44/h1-3,5-19,21-29,38,41H,4,20H2. The van der Waals surface area contributed by atoms with Gasteiger partial charge < -0.3 is 4.90 Å². The van der Waals surface area contributed by atoms with Crippen LogP contribution in [-0.2, 0) is 6.42 Å². The molecule has 0 radical (unpaired) electrons. The van der Waals surface area contributed by atoms with Crippen molar-refractivity contribution < 1.29 is 0 Å². The lowest BCUT2D eigenvalue weighted by Crippen LogP contribution is -2.29. The van der Waals surface area contributed by atoms with E-state index in [1.54, 1.807) is 0 Å². The fourth-order valence-electron chi connectivity index (χ4n) is 8.76. The topological polar surface area (TPSA) is 29.0 Å². The number of hydrogen-bond acceptors (Lipinski definition) is 4. The molecular weight excluding hydrogens is 651 g/mol. The number of fused-ring (bicyclic) bond motifs is 11. The summed E-state index contributed by atoms with van der Waals surface area (Å²) in [4.78, 5) is 13.1. The van der Waals surface area contributed by atoms with Crippen LogP contribution in [0, 0.1) is 0 Å². The molecule has 4 heteroatoms. The molecule has 1 aliphatic heterocycles. The molecule has 3 heterocycles. The maximum atomic E-state index is 5.34. The van der Waals surface area contributed by atoms with Crippen LogP contribution in [0.5, 0.6) is 0 Å². The minimum atomic E-state index is 0.180. The second kappa shape index (κ2) is 11.7. The predicted molar refractivity (Wildman–Crippen MR) is 219 cm³/mol.